The third kappa shape index (κ3) is 2.33. The Kier molecular flexibility index (Phi) is 3.94. The third-order valence-electron chi connectivity index (χ3n) is 4.81. The third-order valence-corrected chi connectivity index (χ3v) is 4.81. The van der Waals surface area contributed by atoms with E-state index < -0.39 is 0 Å². The van der Waals surface area contributed by atoms with Gasteiger partial charge in [-0.15, -0.1) is 0 Å². The molecule has 0 saturated heterocycles. The van der Waals surface area contributed by atoms with Crippen molar-refractivity contribution in [1.82, 2.24) is 0 Å². The maximum atomic E-state index is 2.38. The smallest absolute Gasteiger partial charge is 0.0761 e. The molecule has 0 fully saturated rings. The quantitative estimate of drug-likeness (QED) is 0.731. The molecule has 2 unspecified atom stereocenters. The van der Waals surface area contributed by atoms with E-state index in [4.69, 9.17) is 0 Å². The molecule has 0 amide bonds. The Labute approximate surface area is 138 Å². The minimum atomic E-state index is 0. The zero-order valence-corrected chi connectivity index (χ0v) is 12.7. The van der Waals surface area contributed by atoms with Crippen LogP contribution in [0.4, 0.5) is 0 Å². The number of rotatable bonds is 2. The van der Waals surface area contributed by atoms with E-state index in [-0.39, 0.29) is 18.9 Å². The molecular weight excluding hydrogens is 247 g/mol. The molecule has 0 aliphatic heterocycles. The summed E-state index contributed by atoms with van der Waals surface area (Å²) in [7, 11) is 0. The summed E-state index contributed by atoms with van der Waals surface area (Å²) >= 11 is 0. The van der Waals surface area contributed by atoms with Gasteiger partial charge < -0.3 is 0 Å². The summed E-state index contributed by atoms with van der Waals surface area (Å²) in [5, 5.41) is 0. The fourth-order valence-electron chi connectivity index (χ4n) is 3.69. The number of hydrogen-bond donors (Lipinski definition) is 0. The average Bonchev–Trinajstić information content (AvgIpc) is 3.11. The van der Waals surface area contributed by atoms with Crippen molar-refractivity contribution in [1.29, 1.82) is 0 Å². The van der Waals surface area contributed by atoms with Crippen LogP contribution in [0.25, 0.3) is 12.2 Å². The van der Waals surface area contributed by atoms with Gasteiger partial charge in [0.25, 0.3) is 0 Å². The van der Waals surface area contributed by atoms with Crippen molar-refractivity contribution < 1.29 is 18.9 Å². The van der Waals surface area contributed by atoms with E-state index in [1.54, 1.807) is 0 Å². The largest absolute Gasteiger partial charge is 1.00 e. The molecule has 0 aromatic heterocycles. The molecule has 0 heterocycles. The normalized spacial score (nSPS) is 22.5. The summed E-state index contributed by atoms with van der Waals surface area (Å²) in [5.41, 5.74) is 5.75. The first kappa shape index (κ1) is 14.5. The van der Waals surface area contributed by atoms with Crippen LogP contribution in [0, 0.1) is 5.92 Å². The van der Waals surface area contributed by atoms with Crippen LogP contribution in [0.15, 0.2) is 60.7 Å². The Morgan fingerprint density at radius 3 is 1.62 bits per heavy atom. The van der Waals surface area contributed by atoms with Gasteiger partial charge in [-0.2, -0.15) is 0 Å². The van der Waals surface area contributed by atoms with Crippen molar-refractivity contribution in [3.8, 4) is 0 Å². The minimum absolute atomic E-state index is 0. The maximum absolute atomic E-state index is 2.38. The fourth-order valence-corrected chi connectivity index (χ4v) is 3.69. The van der Waals surface area contributed by atoms with Crippen LogP contribution >= 0.6 is 0 Å². The molecule has 0 spiro atoms. The average molecular weight is 265 g/mol. The van der Waals surface area contributed by atoms with Gasteiger partial charge in [-0.3, -0.25) is 0 Å². The molecule has 2 aliphatic rings. The van der Waals surface area contributed by atoms with E-state index in [1.807, 2.05) is 0 Å². The van der Waals surface area contributed by atoms with Crippen molar-refractivity contribution in [3.63, 3.8) is 0 Å². The molecular formula is C20H18Li+. The second-order valence-electron chi connectivity index (χ2n) is 5.89. The Balaban J connectivity index is 0.00000132. The summed E-state index contributed by atoms with van der Waals surface area (Å²) in [6.07, 6.45) is 9.32. The first-order chi connectivity index (χ1) is 9.84. The predicted molar refractivity (Wildman–Crippen MR) is 85.6 cm³/mol. The second-order valence-corrected chi connectivity index (χ2v) is 5.89. The molecule has 0 bridgehead atoms. The number of allylic oxidation sites excluding steroid dienone is 2. The molecule has 0 radical (unpaired) electrons. The van der Waals surface area contributed by atoms with Crippen LogP contribution in [0.5, 0.6) is 0 Å². The van der Waals surface area contributed by atoms with Crippen LogP contribution in [0.1, 0.15) is 41.0 Å². The van der Waals surface area contributed by atoms with Gasteiger partial charge >= 0.3 is 18.9 Å². The SMILES string of the molecule is CC(C1C=Cc2ccccc21)C1C=Cc2ccccc21.[Li+]. The first-order valence-electron chi connectivity index (χ1n) is 7.39. The van der Waals surface area contributed by atoms with Crippen molar-refractivity contribution in [3.05, 3.63) is 82.9 Å². The Morgan fingerprint density at radius 2 is 1.14 bits per heavy atom. The topological polar surface area (TPSA) is 0 Å². The standard InChI is InChI=1S/C20H18.Li/c1-14(17-12-10-15-6-2-4-8-19(15)17)18-13-11-16-7-3-5-9-20(16)18;/h2-14,17-18H,1H3;/q;+1. The maximum Gasteiger partial charge on any atom is 1.00 e. The zero-order valence-electron chi connectivity index (χ0n) is 12.7. The van der Waals surface area contributed by atoms with Crippen LogP contribution in [0.3, 0.4) is 0 Å². The van der Waals surface area contributed by atoms with Crippen molar-refractivity contribution >= 4 is 12.2 Å². The van der Waals surface area contributed by atoms with Gasteiger partial charge in [0.2, 0.25) is 0 Å². The fraction of sp³-hybridized carbons (Fsp3) is 0.200. The molecule has 2 aromatic carbocycles. The van der Waals surface area contributed by atoms with Gasteiger partial charge in [-0.05, 0) is 28.2 Å². The summed E-state index contributed by atoms with van der Waals surface area (Å²) in [5.74, 6) is 1.66. The molecule has 21 heavy (non-hydrogen) atoms. The number of hydrogen-bond acceptors (Lipinski definition) is 0. The number of benzene rings is 2. The summed E-state index contributed by atoms with van der Waals surface area (Å²) in [6.45, 7) is 2.38. The van der Waals surface area contributed by atoms with E-state index in [9.17, 15) is 0 Å². The van der Waals surface area contributed by atoms with E-state index in [0.717, 1.165) is 0 Å². The van der Waals surface area contributed by atoms with E-state index in [2.05, 4.69) is 79.8 Å². The van der Waals surface area contributed by atoms with Crippen molar-refractivity contribution in [2.45, 2.75) is 18.8 Å². The molecule has 2 aromatic rings. The van der Waals surface area contributed by atoms with Crippen molar-refractivity contribution in [2.24, 2.45) is 5.92 Å². The second kappa shape index (κ2) is 5.72. The molecule has 4 rings (SSSR count). The van der Waals surface area contributed by atoms with E-state index in [1.165, 1.54) is 22.3 Å². The van der Waals surface area contributed by atoms with E-state index in [0.29, 0.717) is 17.8 Å². The van der Waals surface area contributed by atoms with Gasteiger partial charge in [0.05, 0.1) is 0 Å². The van der Waals surface area contributed by atoms with Crippen LogP contribution in [0.2, 0.25) is 0 Å². The minimum Gasteiger partial charge on any atom is -0.0761 e. The first-order valence-corrected chi connectivity index (χ1v) is 7.39. The Hall–Kier alpha value is -1.48. The molecule has 2 atom stereocenters. The Morgan fingerprint density at radius 1 is 0.714 bits per heavy atom. The molecule has 98 valence electrons. The molecule has 0 saturated carbocycles. The van der Waals surface area contributed by atoms with E-state index >= 15 is 0 Å². The van der Waals surface area contributed by atoms with Crippen LogP contribution in [-0.2, 0) is 0 Å². The Bertz CT molecular complexity index is 650. The van der Waals surface area contributed by atoms with Gasteiger partial charge in [0.15, 0.2) is 0 Å². The van der Waals surface area contributed by atoms with Crippen LogP contribution < -0.4 is 18.9 Å². The molecule has 0 N–H and O–H groups in total. The van der Waals surface area contributed by atoms with Gasteiger partial charge in [0.1, 0.15) is 0 Å². The zero-order chi connectivity index (χ0) is 13.5. The summed E-state index contributed by atoms with van der Waals surface area (Å²) in [4.78, 5) is 0. The molecule has 1 heteroatoms. The predicted octanol–water partition coefficient (Wildman–Crippen LogP) is 2.25. The molecule has 2 aliphatic carbocycles. The summed E-state index contributed by atoms with van der Waals surface area (Å²) in [6, 6.07) is 17.6. The van der Waals surface area contributed by atoms with Gasteiger partial charge in [-0.25, -0.2) is 0 Å². The summed E-state index contributed by atoms with van der Waals surface area (Å²) < 4.78 is 0. The van der Waals surface area contributed by atoms with Gasteiger partial charge in [-0.1, -0.05) is 79.8 Å². The van der Waals surface area contributed by atoms with Gasteiger partial charge in [0, 0.05) is 11.8 Å². The monoisotopic (exact) mass is 265 g/mol. The van der Waals surface area contributed by atoms with Crippen molar-refractivity contribution in [2.75, 3.05) is 0 Å². The van der Waals surface area contributed by atoms with Crippen LogP contribution in [-0.4, -0.2) is 0 Å². The molecule has 0 nitrogen and oxygen atoms in total. The number of fused-ring (bicyclic) bond motifs is 2.